The normalized spacial score (nSPS) is 12.6. The minimum atomic E-state index is -2.99. The summed E-state index contributed by atoms with van der Waals surface area (Å²) in [6.45, 7) is 85.6. The Morgan fingerprint density at radius 2 is 0.284 bits per heavy atom. The van der Waals surface area contributed by atoms with Crippen LogP contribution in [0.1, 0.15) is 456 Å². The number of rotatable bonds is 24. The second kappa shape index (κ2) is 36.9. The molecular weight excluding hydrogens is 1390 g/mol. The van der Waals surface area contributed by atoms with Crippen molar-refractivity contribution in [1.29, 1.82) is 0 Å². The third kappa shape index (κ3) is 21.3. The van der Waals surface area contributed by atoms with E-state index in [9.17, 15) is 0 Å². The summed E-state index contributed by atoms with van der Waals surface area (Å²) in [5, 5.41) is 0. The van der Waals surface area contributed by atoms with Crippen LogP contribution in [0.2, 0.25) is 0 Å². The second-order valence-corrected chi connectivity index (χ2v) is 45.7. The van der Waals surface area contributed by atoms with E-state index in [2.05, 4.69) is 355 Å². The summed E-state index contributed by atoms with van der Waals surface area (Å²) in [4.78, 5) is 0. The SMILES string of the molecule is CC(C)c1cc(C(C)C)[c]([Ge]([O][Ge]([c]2c(C(C)C)cc(C(C)C)cc2C(C)C)[c]2c(C(C)C)cc(C(C)C)cc2C(C)C)[c]2c(C(C)C)cc(C(C)C)cc2C(C)C)c(C(C)C)c1.CC(C)c1cc(C(C)C)[c]([Ge])c(C(C)C)c1.CC(C)c1cc(C(C)C)[c]([Ge])c(C(C)C)c1. The predicted octanol–water partition coefficient (Wildman–Crippen LogP) is 23.8. The first kappa shape index (κ1) is 84.9. The van der Waals surface area contributed by atoms with Crippen LogP contribution in [-0.2, 0) is 2.79 Å². The Hall–Kier alpha value is -2.55. The van der Waals surface area contributed by atoms with Crippen LogP contribution < -0.4 is 26.4 Å². The number of hydrogen-bond donors (Lipinski definition) is 0. The average molecular weight is 1530 g/mol. The molecule has 8 radical (unpaired) electrons. The van der Waals surface area contributed by atoms with Crippen molar-refractivity contribution < 1.29 is 2.79 Å². The molecule has 6 rings (SSSR count). The van der Waals surface area contributed by atoms with E-state index in [0.717, 1.165) is 0 Å². The summed E-state index contributed by atoms with van der Waals surface area (Å²) in [6, 6.07) is 30.5. The van der Waals surface area contributed by atoms with Gasteiger partial charge in [-0.05, 0) is 0 Å². The van der Waals surface area contributed by atoms with Gasteiger partial charge in [0.05, 0.1) is 0 Å². The van der Waals surface area contributed by atoms with E-state index < -0.39 is 29.4 Å². The molecule has 0 heterocycles. The molecule has 6 aromatic rings. The van der Waals surface area contributed by atoms with Crippen molar-refractivity contribution in [2.24, 2.45) is 0 Å². The summed E-state index contributed by atoms with van der Waals surface area (Å²) in [5.74, 6) is 8.51. The minimum absolute atomic E-state index is 0.372. The van der Waals surface area contributed by atoms with Crippen molar-refractivity contribution in [1.82, 2.24) is 0 Å². The van der Waals surface area contributed by atoms with Gasteiger partial charge in [0.25, 0.3) is 0 Å². The first-order valence-electron chi connectivity index (χ1n) is 37.8. The van der Waals surface area contributed by atoms with Crippen molar-refractivity contribution in [3.63, 3.8) is 0 Å². The zero-order chi connectivity index (χ0) is 72.6. The molecule has 95 heavy (non-hydrogen) atoms. The fourth-order valence-corrected chi connectivity index (χ4v) is 35.8. The van der Waals surface area contributed by atoms with Gasteiger partial charge in [0.2, 0.25) is 0 Å². The van der Waals surface area contributed by atoms with Gasteiger partial charge < -0.3 is 0 Å². The van der Waals surface area contributed by atoms with Crippen LogP contribution in [0.5, 0.6) is 0 Å². The third-order valence-corrected chi connectivity index (χ3v) is 36.3. The Bertz CT molecular complexity index is 2890. The molecule has 5 heteroatoms. The van der Waals surface area contributed by atoms with E-state index in [1.807, 2.05) is 0 Å². The van der Waals surface area contributed by atoms with Gasteiger partial charge in [-0.25, -0.2) is 0 Å². The zero-order valence-electron chi connectivity index (χ0n) is 67.7. The summed E-state index contributed by atoms with van der Waals surface area (Å²) in [6.07, 6.45) is 0. The van der Waals surface area contributed by atoms with Crippen LogP contribution in [0.25, 0.3) is 0 Å². The van der Waals surface area contributed by atoms with E-state index in [1.165, 1.54) is 109 Å². The van der Waals surface area contributed by atoms with Gasteiger partial charge in [-0.2, -0.15) is 0 Å². The standard InChI is InChI=1S/C60H92Ge2O.2C15H23Ge/c1-33(2)45-25-49(37(9)10)57(50(26-45)38(11)12)61(58-51(39(13)14)27-46(34(3)4)28-52(58)40(15)16)63-62(59-53(41(17)18)29-47(35(5)6)30-54(59)42(19)20)60-55(43(21)22)31-48(36(7)8)32-56(60)44(23)24;2*1-9(2)12-7-13(10(3)4)15(16)14(8-12)11(5)6/h25-44H,1-24H3;2*7-11H,1-6H3. The van der Waals surface area contributed by atoms with Gasteiger partial charge in [-0.3, -0.25) is 0 Å². The molecule has 0 bridgehead atoms. The third-order valence-electron chi connectivity index (χ3n) is 19.9. The average Bonchev–Trinajstić information content (AvgIpc) is 0.744. The quantitative estimate of drug-likeness (QED) is 0.0549. The summed E-state index contributed by atoms with van der Waals surface area (Å²) < 4.78 is 18.4. The molecule has 1 nitrogen and oxygen atoms in total. The fourth-order valence-electron chi connectivity index (χ4n) is 13.3. The van der Waals surface area contributed by atoms with E-state index in [0.29, 0.717) is 107 Å². The molecule has 0 aromatic heterocycles. The molecular formula is C90H138Ge4O. The first-order valence-corrected chi connectivity index (χ1v) is 45.8. The Balaban J connectivity index is 0.000000484. The van der Waals surface area contributed by atoms with Crippen LogP contribution >= 0.6 is 0 Å². The van der Waals surface area contributed by atoms with E-state index >= 15 is 0 Å². The maximum atomic E-state index is 9.06. The van der Waals surface area contributed by atoms with Crippen molar-refractivity contribution in [3.8, 4) is 0 Å². The van der Waals surface area contributed by atoms with E-state index in [4.69, 9.17) is 2.79 Å². The molecule has 0 aliphatic rings. The number of benzene rings is 6. The Morgan fingerprint density at radius 1 is 0.179 bits per heavy atom. The Labute approximate surface area is 615 Å². The molecule has 0 spiro atoms. The summed E-state index contributed by atoms with van der Waals surface area (Å²) >= 11 is -1.44. The maximum absolute atomic E-state index is 9.06. The monoisotopic (exact) mass is 1530 g/mol. The predicted molar refractivity (Wildman–Crippen MR) is 434 cm³/mol. The molecule has 0 aliphatic heterocycles. The van der Waals surface area contributed by atoms with E-state index in [1.54, 1.807) is 17.6 Å². The Kier molecular flexibility index (Phi) is 32.9. The van der Waals surface area contributed by atoms with Gasteiger partial charge >= 0.3 is 620 Å². The number of hydrogen-bond acceptors (Lipinski definition) is 1. The van der Waals surface area contributed by atoms with Crippen LogP contribution in [0.15, 0.2) is 72.8 Å². The van der Waals surface area contributed by atoms with Gasteiger partial charge in [0, 0.05) is 0 Å². The first-order chi connectivity index (χ1) is 43.9. The molecule has 0 atom stereocenters. The van der Waals surface area contributed by atoms with Crippen molar-refractivity contribution >= 4 is 88.8 Å². The molecule has 520 valence electrons. The van der Waals surface area contributed by atoms with Gasteiger partial charge in [0.1, 0.15) is 0 Å². The topological polar surface area (TPSA) is 9.23 Å². The van der Waals surface area contributed by atoms with Crippen LogP contribution in [0.4, 0.5) is 0 Å². The van der Waals surface area contributed by atoms with Crippen LogP contribution in [-0.4, -0.2) is 62.4 Å². The molecule has 6 aromatic carbocycles. The van der Waals surface area contributed by atoms with Crippen molar-refractivity contribution in [2.75, 3.05) is 0 Å². The molecule has 0 unspecified atom stereocenters. The second-order valence-electron chi connectivity index (χ2n) is 34.0. The van der Waals surface area contributed by atoms with Crippen molar-refractivity contribution in [3.05, 3.63) is 173 Å². The molecule has 0 aliphatic carbocycles. The molecule has 0 amide bonds. The molecule has 0 N–H and O–H groups in total. The zero-order valence-corrected chi connectivity index (χ0v) is 76.1. The molecule has 0 fully saturated rings. The fraction of sp³-hybridized carbons (Fsp3) is 0.600. The molecule has 0 saturated heterocycles. The Morgan fingerprint density at radius 3 is 0.379 bits per heavy atom. The van der Waals surface area contributed by atoms with Gasteiger partial charge in [-0.1, -0.05) is 0 Å². The summed E-state index contributed by atoms with van der Waals surface area (Å²) in [5.41, 5.74) is 27.1. The van der Waals surface area contributed by atoms with Gasteiger partial charge in [-0.15, -0.1) is 0 Å². The summed E-state index contributed by atoms with van der Waals surface area (Å²) in [7, 11) is 0. The van der Waals surface area contributed by atoms with Gasteiger partial charge in [0.15, 0.2) is 0 Å². The van der Waals surface area contributed by atoms with E-state index in [-0.39, 0.29) is 0 Å². The molecule has 0 saturated carbocycles. The van der Waals surface area contributed by atoms with Crippen molar-refractivity contribution in [2.45, 2.75) is 356 Å². The van der Waals surface area contributed by atoms with Crippen LogP contribution in [0, 0.1) is 0 Å². The van der Waals surface area contributed by atoms with Crippen LogP contribution in [0.3, 0.4) is 0 Å².